The van der Waals surface area contributed by atoms with Crippen molar-refractivity contribution in [1.29, 1.82) is 0 Å². The van der Waals surface area contributed by atoms with Gasteiger partial charge in [-0.15, -0.1) is 0 Å². The lowest BCUT2D eigenvalue weighted by atomic mass is 10.2. The normalized spacial score (nSPS) is 31.4. The van der Waals surface area contributed by atoms with Crippen LogP contribution in [0.1, 0.15) is 33.1 Å². The third-order valence-electron chi connectivity index (χ3n) is 3.35. The molecule has 3 unspecified atom stereocenters. The van der Waals surface area contributed by atoms with E-state index in [0.29, 0.717) is 18.7 Å². The van der Waals surface area contributed by atoms with E-state index >= 15 is 0 Å². The predicted molar refractivity (Wildman–Crippen MR) is 73.3 cm³/mol. The topological polar surface area (TPSA) is 56.5 Å². The highest BCUT2D eigenvalue weighted by molar-refractivity contribution is 6.66. The van der Waals surface area contributed by atoms with Crippen molar-refractivity contribution in [3.8, 4) is 0 Å². The maximum absolute atomic E-state index is 6.10. The van der Waals surface area contributed by atoms with Gasteiger partial charge in [0, 0.05) is 25.2 Å². The van der Waals surface area contributed by atoms with Crippen LogP contribution in [0.2, 0.25) is 12.6 Å². The van der Waals surface area contributed by atoms with Crippen molar-refractivity contribution in [2.75, 3.05) is 19.7 Å². The van der Waals surface area contributed by atoms with E-state index in [-0.39, 0.29) is 0 Å². The Hall–Kier alpha value is 0.0569. The van der Waals surface area contributed by atoms with Gasteiger partial charge in [-0.05, 0) is 38.8 Å². The van der Waals surface area contributed by atoms with Crippen molar-refractivity contribution in [2.45, 2.75) is 57.8 Å². The zero-order valence-corrected chi connectivity index (χ0v) is 12.5. The molecule has 102 valence electrons. The van der Waals surface area contributed by atoms with E-state index in [1.54, 1.807) is 0 Å². The summed E-state index contributed by atoms with van der Waals surface area (Å²) in [6, 6.07) is 1.54. The lowest BCUT2D eigenvalue weighted by Gasteiger charge is -2.35. The lowest BCUT2D eigenvalue weighted by Crippen LogP contribution is -2.48. The van der Waals surface area contributed by atoms with E-state index in [9.17, 15) is 0 Å². The molecule has 4 nitrogen and oxygen atoms in total. The summed E-state index contributed by atoms with van der Waals surface area (Å²) in [6.45, 7) is 8.81. The summed E-state index contributed by atoms with van der Waals surface area (Å²) in [5, 5.41) is 3.40. The van der Waals surface area contributed by atoms with Crippen molar-refractivity contribution >= 4 is 8.56 Å². The lowest BCUT2D eigenvalue weighted by molar-refractivity contribution is 0.0940. The van der Waals surface area contributed by atoms with Gasteiger partial charge in [0.05, 0.1) is 6.61 Å². The minimum atomic E-state index is -1.89. The number of hydrogen-bond acceptors (Lipinski definition) is 4. The smallest absolute Gasteiger partial charge is 0.335 e. The molecule has 0 radical (unpaired) electrons. The van der Waals surface area contributed by atoms with Gasteiger partial charge in [0.15, 0.2) is 0 Å². The van der Waals surface area contributed by atoms with E-state index in [2.05, 4.69) is 25.7 Å². The highest BCUT2D eigenvalue weighted by Crippen LogP contribution is 2.26. The fourth-order valence-electron chi connectivity index (χ4n) is 2.25. The van der Waals surface area contributed by atoms with Gasteiger partial charge in [-0.1, -0.05) is 6.92 Å². The Morgan fingerprint density at radius 2 is 2.35 bits per heavy atom. The van der Waals surface area contributed by atoms with Gasteiger partial charge in [-0.3, -0.25) is 0 Å². The molecule has 0 bridgehead atoms. The molecule has 1 rings (SSSR count). The Labute approximate surface area is 106 Å². The van der Waals surface area contributed by atoms with E-state index in [1.807, 2.05) is 0 Å². The average molecular weight is 260 g/mol. The number of hydrogen-bond donors (Lipinski definition) is 2. The Balaban J connectivity index is 2.31. The Morgan fingerprint density at radius 3 is 2.94 bits per heavy atom. The SMILES string of the molecule is CCC(CO[Si]1(C)CCCC(C)O1)NCCN. The molecule has 1 aliphatic rings. The highest BCUT2D eigenvalue weighted by Gasteiger charge is 2.36. The van der Waals surface area contributed by atoms with Gasteiger partial charge in [0.1, 0.15) is 0 Å². The molecule has 1 aliphatic heterocycles. The molecule has 0 spiro atoms. The quantitative estimate of drug-likeness (QED) is 0.683. The first-order chi connectivity index (χ1) is 8.09. The Kier molecular flexibility index (Phi) is 6.65. The summed E-state index contributed by atoms with van der Waals surface area (Å²) in [5.74, 6) is 0. The minimum Gasteiger partial charge on any atom is -0.393 e. The van der Waals surface area contributed by atoms with Crippen LogP contribution in [0.5, 0.6) is 0 Å². The molecular weight excluding hydrogens is 232 g/mol. The van der Waals surface area contributed by atoms with E-state index < -0.39 is 8.56 Å². The summed E-state index contributed by atoms with van der Waals surface area (Å²) >= 11 is 0. The van der Waals surface area contributed by atoms with Gasteiger partial charge in [-0.25, -0.2) is 0 Å². The van der Waals surface area contributed by atoms with Crippen molar-refractivity contribution in [3.05, 3.63) is 0 Å². The fourth-order valence-corrected chi connectivity index (χ4v) is 4.95. The molecule has 0 amide bonds. The summed E-state index contributed by atoms with van der Waals surface area (Å²) < 4.78 is 12.1. The number of nitrogens with two attached hydrogens (primary N) is 1. The van der Waals surface area contributed by atoms with Gasteiger partial charge >= 0.3 is 8.56 Å². The molecule has 1 heterocycles. The highest BCUT2D eigenvalue weighted by atomic mass is 28.4. The second-order valence-electron chi connectivity index (χ2n) is 5.11. The minimum absolute atomic E-state index is 0.373. The first-order valence-corrected chi connectivity index (χ1v) is 9.37. The zero-order valence-electron chi connectivity index (χ0n) is 11.5. The fraction of sp³-hybridized carbons (Fsp3) is 1.00. The Morgan fingerprint density at radius 1 is 1.59 bits per heavy atom. The summed E-state index contributed by atoms with van der Waals surface area (Å²) in [5.41, 5.74) is 5.50. The van der Waals surface area contributed by atoms with Gasteiger partial charge in [0.25, 0.3) is 0 Å². The van der Waals surface area contributed by atoms with Crippen molar-refractivity contribution in [1.82, 2.24) is 5.32 Å². The summed E-state index contributed by atoms with van der Waals surface area (Å²) in [6.07, 6.45) is 3.86. The van der Waals surface area contributed by atoms with Crippen LogP contribution in [0.25, 0.3) is 0 Å². The first-order valence-electron chi connectivity index (χ1n) is 6.85. The molecule has 0 aromatic carbocycles. The summed E-state index contributed by atoms with van der Waals surface area (Å²) in [4.78, 5) is 0. The third kappa shape index (κ3) is 5.48. The number of rotatable bonds is 7. The molecule has 1 fully saturated rings. The van der Waals surface area contributed by atoms with E-state index in [0.717, 1.165) is 25.6 Å². The molecule has 0 saturated carbocycles. The van der Waals surface area contributed by atoms with Crippen LogP contribution in [0.3, 0.4) is 0 Å². The molecule has 5 heteroatoms. The molecule has 0 aromatic heterocycles. The first kappa shape index (κ1) is 15.1. The van der Waals surface area contributed by atoms with Crippen LogP contribution in [-0.2, 0) is 8.85 Å². The third-order valence-corrected chi connectivity index (χ3v) is 6.29. The van der Waals surface area contributed by atoms with Crippen LogP contribution >= 0.6 is 0 Å². The maximum atomic E-state index is 6.10. The second-order valence-corrected chi connectivity index (χ2v) is 8.41. The predicted octanol–water partition coefficient (Wildman–Crippen LogP) is 1.60. The summed E-state index contributed by atoms with van der Waals surface area (Å²) in [7, 11) is -1.89. The van der Waals surface area contributed by atoms with Crippen LogP contribution in [0, 0.1) is 0 Å². The van der Waals surface area contributed by atoms with Crippen LogP contribution < -0.4 is 11.1 Å². The van der Waals surface area contributed by atoms with E-state index in [1.165, 1.54) is 12.8 Å². The van der Waals surface area contributed by atoms with Gasteiger partial charge in [0.2, 0.25) is 0 Å². The van der Waals surface area contributed by atoms with Crippen molar-refractivity contribution in [2.24, 2.45) is 5.73 Å². The zero-order chi connectivity index (χ0) is 12.7. The van der Waals surface area contributed by atoms with Gasteiger partial charge < -0.3 is 19.9 Å². The molecule has 0 aromatic rings. The molecule has 3 atom stereocenters. The van der Waals surface area contributed by atoms with E-state index in [4.69, 9.17) is 14.6 Å². The molecule has 17 heavy (non-hydrogen) atoms. The average Bonchev–Trinajstić information content (AvgIpc) is 2.29. The standard InChI is InChI=1S/C12H28N2O2Si/c1-4-12(14-8-7-13)10-15-17(3)9-5-6-11(2)16-17/h11-12,14H,4-10,13H2,1-3H3. The van der Waals surface area contributed by atoms with Gasteiger partial charge in [-0.2, -0.15) is 0 Å². The monoisotopic (exact) mass is 260 g/mol. The van der Waals surface area contributed by atoms with Crippen molar-refractivity contribution in [3.63, 3.8) is 0 Å². The molecule has 0 aliphatic carbocycles. The second kappa shape index (κ2) is 7.48. The number of nitrogens with one attached hydrogen (secondary N) is 1. The van der Waals surface area contributed by atoms with Crippen LogP contribution in [-0.4, -0.2) is 40.4 Å². The molecular formula is C12H28N2O2Si. The Bertz CT molecular complexity index is 219. The largest absolute Gasteiger partial charge is 0.393 e. The van der Waals surface area contributed by atoms with Crippen LogP contribution in [0.4, 0.5) is 0 Å². The molecule has 3 N–H and O–H groups in total. The maximum Gasteiger partial charge on any atom is 0.335 e. The molecule has 1 saturated heterocycles. The van der Waals surface area contributed by atoms with Crippen molar-refractivity contribution < 1.29 is 8.85 Å². The van der Waals surface area contributed by atoms with Crippen LogP contribution in [0.15, 0.2) is 0 Å².